The maximum Gasteiger partial charge on any atom is 0.329 e. The Morgan fingerprint density at radius 1 is 1.10 bits per heavy atom. The SMILES string of the molecule is Cc1ccc(NC(=O)CN2C(=O)N/C(=C\c3ccc(OCC(C)C)cc3)C2=O)cc1. The van der Waals surface area contributed by atoms with E-state index in [4.69, 9.17) is 4.74 Å². The molecule has 0 saturated carbocycles. The highest BCUT2D eigenvalue weighted by atomic mass is 16.5. The molecule has 7 nitrogen and oxygen atoms in total. The quantitative estimate of drug-likeness (QED) is 0.543. The molecular formula is C23H25N3O4. The number of hydrogen-bond donors (Lipinski definition) is 2. The smallest absolute Gasteiger partial charge is 0.329 e. The molecule has 0 atom stereocenters. The third kappa shape index (κ3) is 5.47. The second-order valence-electron chi connectivity index (χ2n) is 7.57. The molecule has 1 fully saturated rings. The van der Waals surface area contributed by atoms with E-state index in [1.54, 1.807) is 30.3 Å². The Morgan fingerprint density at radius 2 is 1.77 bits per heavy atom. The average Bonchev–Trinajstić information content (AvgIpc) is 2.96. The number of imide groups is 1. The summed E-state index contributed by atoms with van der Waals surface area (Å²) in [5.41, 5.74) is 2.53. The summed E-state index contributed by atoms with van der Waals surface area (Å²) in [4.78, 5) is 37.9. The van der Waals surface area contributed by atoms with Crippen molar-refractivity contribution in [1.29, 1.82) is 0 Å². The molecule has 1 aliphatic rings. The van der Waals surface area contributed by atoms with Crippen LogP contribution < -0.4 is 15.4 Å². The number of benzene rings is 2. The number of carbonyl (C=O) groups is 3. The van der Waals surface area contributed by atoms with Crippen LogP contribution in [0.1, 0.15) is 25.0 Å². The molecule has 0 radical (unpaired) electrons. The maximum atomic E-state index is 12.6. The predicted molar refractivity (Wildman–Crippen MR) is 115 cm³/mol. The van der Waals surface area contributed by atoms with Gasteiger partial charge in [0.2, 0.25) is 5.91 Å². The molecule has 3 rings (SSSR count). The lowest BCUT2D eigenvalue weighted by Crippen LogP contribution is -2.38. The first-order chi connectivity index (χ1) is 14.3. The molecule has 0 aromatic heterocycles. The largest absolute Gasteiger partial charge is 0.493 e. The number of nitrogens with zero attached hydrogens (tertiary/aromatic N) is 1. The van der Waals surface area contributed by atoms with E-state index in [2.05, 4.69) is 24.5 Å². The third-order valence-corrected chi connectivity index (χ3v) is 4.37. The highest BCUT2D eigenvalue weighted by Crippen LogP contribution is 2.18. The fourth-order valence-electron chi connectivity index (χ4n) is 2.79. The molecule has 2 N–H and O–H groups in total. The van der Waals surface area contributed by atoms with Gasteiger partial charge >= 0.3 is 6.03 Å². The van der Waals surface area contributed by atoms with Gasteiger partial charge < -0.3 is 15.4 Å². The molecule has 2 aromatic carbocycles. The van der Waals surface area contributed by atoms with Gasteiger partial charge in [0.05, 0.1) is 6.61 Å². The van der Waals surface area contributed by atoms with E-state index in [0.29, 0.717) is 18.2 Å². The molecule has 30 heavy (non-hydrogen) atoms. The van der Waals surface area contributed by atoms with Crippen molar-refractivity contribution in [2.75, 3.05) is 18.5 Å². The minimum absolute atomic E-state index is 0.124. The van der Waals surface area contributed by atoms with Crippen molar-refractivity contribution >= 4 is 29.6 Å². The van der Waals surface area contributed by atoms with Gasteiger partial charge in [-0.1, -0.05) is 43.7 Å². The number of nitrogens with one attached hydrogen (secondary N) is 2. The molecule has 1 saturated heterocycles. The van der Waals surface area contributed by atoms with E-state index in [9.17, 15) is 14.4 Å². The summed E-state index contributed by atoms with van der Waals surface area (Å²) >= 11 is 0. The molecular weight excluding hydrogens is 382 g/mol. The lowest BCUT2D eigenvalue weighted by Gasteiger charge is -2.12. The molecule has 0 unspecified atom stereocenters. The Bertz CT molecular complexity index is 963. The molecule has 2 aromatic rings. The van der Waals surface area contributed by atoms with Gasteiger partial charge in [0.1, 0.15) is 18.0 Å². The first kappa shape index (κ1) is 21.1. The zero-order valence-corrected chi connectivity index (χ0v) is 17.3. The number of rotatable bonds is 7. The van der Waals surface area contributed by atoms with Crippen molar-refractivity contribution < 1.29 is 19.1 Å². The summed E-state index contributed by atoms with van der Waals surface area (Å²) in [7, 11) is 0. The average molecular weight is 407 g/mol. The lowest BCUT2D eigenvalue weighted by atomic mass is 10.2. The Hall–Kier alpha value is -3.61. The molecule has 0 spiro atoms. The van der Waals surface area contributed by atoms with E-state index < -0.39 is 17.8 Å². The summed E-state index contributed by atoms with van der Waals surface area (Å²) in [5, 5.41) is 5.20. The molecule has 4 amide bonds. The standard InChI is InChI=1S/C23H25N3O4/c1-15(2)14-30-19-10-6-17(7-11-19)12-20-22(28)26(23(29)25-20)13-21(27)24-18-8-4-16(3)5-9-18/h4-12,15H,13-14H2,1-3H3,(H,24,27)(H,25,29)/b20-12-. The number of carbonyl (C=O) groups excluding carboxylic acids is 3. The van der Waals surface area contributed by atoms with Crippen LogP contribution >= 0.6 is 0 Å². The molecule has 1 heterocycles. The number of anilines is 1. The molecule has 0 aliphatic carbocycles. The van der Waals surface area contributed by atoms with Crippen molar-refractivity contribution in [1.82, 2.24) is 10.2 Å². The Balaban J connectivity index is 1.62. The highest BCUT2D eigenvalue weighted by Gasteiger charge is 2.34. The van der Waals surface area contributed by atoms with Crippen LogP contribution in [0.25, 0.3) is 6.08 Å². The van der Waals surface area contributed by atoms with Gasteiger partial charge in [0, 0.05) is 5.69 Å². The van der Waals surface area contributed by atoms with Gasteiger partial charge in [-0.25, -0.2) is 9.69 Å². The number of aryl methyl sites for hydroxylation is 1. The third-order valence-electron chi connectivity index (χ3n) is 4.37. The Morgan fingerprint density at radius 3 is 2.40 bits per heavy atom. The fourth-order valence-corrected chi connectivity index (χ4v) is 2.79. The predicted octanol–water partition coefficient (Wildman–Crippen LogP) is 3.56. The van der Waals surface area contributed by atoms with Crippen molar-refractivity contribution in [2.24, 2.45) is 5.92 Å². The monoisotopic (exact) mass is 407 g/mol. The summed E-state index contributed by atoms with van der Waals surface area (Å²) in [6.45, 7) is 6.34. The summed E-state index contributed by atoms with van der Waals surface area (Å²) in [5.74, 6) is 0.170. The zero-order valence-electron chi connectivity index (χ0n) is 17.3. The summed E-state index contributed by atoms with van der Waals surface area (Å²) in [6, 6.07) is 13.8. The number of amides is 4. The van der Waals surface area contributed by atoms with Gasteiger partial charge in [-0.15, -0.1) is 0 Å². The Labute approximate surface area is 175 Å². The second kappa shape index (κ2) is 9.26. The van der Waals surface area contributed by atoms with Crippen molar-refractivity contribution in [3.63, 3.8) is 0 Å². The van der Waals surface area contributed by atoms with Crippen LogP contribution in [0.4, 0.5) is 10.5 Å². The summed E-state index contributed by atoms with van der Waals surface area (Å²) in [6.07, 6.45) is 1.57. The molecule has 7 heteroatoms. The van der Waals surface area contributed by atoms with E-state index in [-0.39, 0.29) is 12.2 Å². The van der Waals surface area contributed by atoms with Crippen LogP contribution in [0.5, 0.6) is 5.75 Å². The maximum absolute atomic E-state index is 12.6. The lowest BCUT2D eigenvalue weighted by molar-refractivity contribution is -0.127. The van der Waals surface area contributed by atoms with E-state index in [0.717, 1.165) is 21.8 Å². The molecule has 1 aliphatic heterocycles. The van der Waals surface area contributed by atoms with Crippen molar-refractivity contribution in [3.8, 4) is 5.75 Å². The minimum Gasteiger partial charge on any atom is -0.493 e. The van der Waals surface area contributed by atoms with Crippen molar-refractivity contribution in [3.05, 3.63) is 65.4 Å². The highest BCUT2D eigenvalue weighted by molar-refractivity contribution is 6.15. The van der Waals surface area contributed by atoms with Crippen LogP contribution in [0.3, 0.4) is 0 Å². The normalized spacial score (nSPS) is 14.9. The van der Waals surface area contributed by atoms with Gasteiger partial charge in [-0.3, -0.25) is 9.59 Å². The zero-order chi connectivity index (χ0) is 21.7. The molecule has 0 bridgehead atoms. The van der Waals surface area contributed by atoms with E-state index >= 15 is 0 Å². The van der Waals surface area contributed by atoms with Gasteiger partial charge in [-0.05, 0) is 48.7 Å². The first-order valence-electron chi connectivity index (χ1n) is 9.76. The fraction of sp³-hybridized carbons (Fsp3) is 0.261. The van der Waals surface area contributed by atoms with Crippen LogP contribution in [0.15, 0.2) is 54.2 Å². The Kier molecular flexibility index (Phi) is 6.51. The number of urea groups is 1. The van der Waals surface area contributed by atoms with Crippen molar-refractivity contribution in [2.45, 2.75) is 20.8 Å². The van der Waals surface area contributed by atoms with Crippen LogP contribution in [0, 0.1) is 12.8 Å². The van der Waals surface area contributed by atoms with Gasteiger partial charge in [0.25, 0.3) is 5.91 Å². The van der Waals surface area contributed by atoms with E-state index in [1.165, 1.54) is 0 Å². The topological polar surface area (TPSA) is 87.7 Å². The van der Waals surface area contributed by atoms with Gasteiger partial charge in [0.15, 0.2) is 0 Å². The van der Waals surface area contributed by atoms with Crippen LogP contribution in [0.2, 0.25) is 0 Å². The summed E-state index contributed by atoms with van der Waals surface area (Å²) < 4.78 is 5.64. The van der Waals surface area contributed by atoms with E-state index in [1.807, 2.05) is 31.2 Å². The number of ether oxygens (including phenoxy) is 1. The number of hydrogen-bond acceptors (Lipinski definition) is 4. The first-order valence-corrected chi connectivity index (χ1v) is 9.76. The molecule has 156 valence electrons. The van der Waals surface area contributed by atoms with Gasteiger partial charge in [-0.2, -0.15) is 0 Å². The minimum atomic E-state index is -0.623. The second-order valence-corrected chi connectivity index (χ2v) is 7.57. The van der Waals surface area contributed by atoms with Crippen LogP contribution in [-0.2, 0) is 9.59 Å². The van der Waals surface area contributed by atoms with Crippen LogP contribution in [-0.4, -0.2) is 35.9 Å².